The number of phosphoric ester groups is 2. The van der Waals surface area contributed by atoms with E-state index in [-0.39, 0.29) is 23.1 Å². The lowest BCUT2D eigenvalue weighted by Gasteiger charge is -2.23. The summed E-state index contributed by atoms with van der Waals surface area (Å²) in [6, 6.07) is 0. The summed E-state index contributed by atoms with van der Waals surface area (Å²) in [7, 11) is -26.3. The molecule has 2 aliphatic heterocycles. The first-order valence-corrected chi connectivity index (χ1v) is 28.3. The van der Waals surface area contributed by atoms with E-state index < -0.39 is 84.6 Å². The van der Waals surface area contributed by atoms with Crippen LogP contribution in [0.2, 0.25) is 0 Å². The molecule has 52 heavy (non-hydrogen) atoms. The van der Waals surface area contributed by atoms with Gasteiger partial charge in [-0.1, -0.05) is 43.2 Å². The number of ether oxygens (including phenoxy) is 4. The van der Waals surface area contributed by atoms with E-state index in [2.05, 4.69) is 26.3 Å². The van der Waals surface area contributed by atoms with Crippen LogP contribution in [0.15, 0.2) is 0 Å². The van der Waals surface area contributed by atoms with Crippen LogP contribution < -0.4 is 0 Å². The average molecular weight is 957 g/mol. The Hall–Kier alpha value is 2.06. The molecule has 0 amide bonds. The van der Waals surface area contributed by atoms with E-state index in [1.54, 1.807) is 13.8 Å². The summed E-state index contributed by atoms with van der Waals surface area (Å²) in [5.74, 6) is 0. The van der Waals surface area contributed by atoms with Crippen LogP contribution in [-0.2, 0) is 72.6 Å². The monoisotopic (exact) mass is 956 g/mol. The molecule has 12 atom stereocenters. The largest absolute Gasteiger partial charge is 0.490 e. The highest BCUT2D eigenvalue weighted by atomic mass is 33.1. The summed E-state index contributed by atoms with van der Waals surface area (Å²) in [4.78, 5) is 71.0. The molecule has 2 fully saturated rings. The standard InChI is InChI=1S/2C9H21O12P3S2/c2*1-6-4-8(19-7(2)26-25-3)9(18-6)5-17-23(13,14)21-24(15,16)20-22(10,11)12/h2*6-9H,4-5H2,1-3H3,(H,13,14)(H,15,16)(H2,10,11,12)/t6-,7+,8+,9+;6-,7-,8+,9+/m00/s1. The van der Waals surface area contributed by atoms with Crippen LogP contribution in [0.1, 0.15) is 40.5 Å². The number of hydrogen-bond donors (Lipinski definition) is 8. The van der Waals surface area contributed by atoms with Crippen LogP contribution in [0, 0.1) is 0 Å². The molecule has 24 nitrogen and oxygen atoms in total. The van der Waals surface area contributed by atoms with Crippen molar-refractivity contribution in [2.75, 3.05) is 25.7 Å². The third-order valence-corrected chi connectivity index (χ3v) is 17.1. The minimum atomic E-state index is -5.54. The zero-order chi connectivity index (χ0) is 40.3. The first-order valence-electron chi connectivity index (χ1n) is 14.0. The fourth-order valence-electron chi connectivity index (χ4n) is 4.17. The molecule has 0 aromatic heterocycles. The van der Waals surface area contributed by atoms with Gasteiger partial charge >= 0.3 is 46.9 Å². The molecule has 0 aliphatic carbocycles. The van der Waals surface area contributed by atoms with Crippen molar-refractivity contribution in [3.8, 4) is 0 Å². The molecule has 2 rings (SSSR count). The van der Waals surface area contributed by atoms with Crippen molar-refractivity contribution in [3.05, 3.63) is 0 Å². The molecule has 0 aromatic carbocycles. The Morgan fingerprint density at radius 2 is 0.885 bits per heavy atom. The second-order valence-electron chi connectivity index (χ2n) is 10.2. The van der Waals surface area contributed by atoms with Crippen molar-refractivity contribution in [2.45, 2.75) is 88.0 Å². The zero-order valence-electron chi connectivity index (χ0n) is 27.9. The molecule has 2 aliphatic rings. The van der Waals surface area contributed by atoms with E-state index in [0.717, 1.165) is 0 Å². The molecule has 0 radical (unpaired) electrons. The van der Waals surface area contributed by atoms with Crippen molar-refractivity contribution >= 4 is 90.1 Å². The van der Waals surface area contributed by atoms with E-state index in [0.29, 0.717) is 12.8 Å². The Morgan fingerprint density at radius 3 is 1.15 bits per heavy atom. The van der Waals surface area contributed by atoms with Crippen molar-refractivity contribution in [2.24, 2.45) is 0 Å². The van der Waals surface area contributed by atoms with E-state index in [1.165, 1.54) is 43.2 Å². The van der Waals surface area contributed by atoms with E-state index >= 15 is 0 Å². The van der Waals surface area contributed by atoms with Crippen molar-refractivity contribution in [3.63, 3.8) is 0 Å². The minimum absolute atomic E-state index is 0.183. The van der Waals surface area contributed by atoms with Gasteiger partial charge in [0.25, 0.3) is 0 Å². The van der Waals surface area contributed by atoms with Crippen molar-refractivity contribution in [1.82, 2.24) is 0 Å². The summed E-state index contributed by atoms with van der Waals surface area (Å²) >= 11 is 0. The van der Waals surface area contributed by atoms with Crippen LogP contribution in [0.5, 0.6) is 0 Å². The minimum Gasteiger partial charge on any atom is -0.370 e. The second-order valence-corrected chi connectivity index (χ2v) is 24.6. The van der Waals surface area contributed by atoms with Gasteiger partial charge in [0.15, 0.2) is 0 Å². The molecule has 0 aromatic rings. The summed E-state index contributed by atoms with van der Waals surface area (Å²) in [6.45, 7) is 6.15. The molecule has 2 saturated heterocycles. The first kappa shape index (κ1) is 52.1. The number of phosphoric acid groups is 6. The number of hydrogen-bond acceptors (Lipinski definition) is 20. The van der Waals surface area contributed by atoms with Crippen LogP contribution >= 0.6 is 90.1 Å². The Balaban J connectivity index is 0.000000520. The molecule has 34 heteroatoms. The van der Waals surface area contributed by atoms with Gasteiger partial charge in [-0.2, -0.15) is 17.2 Å². The van der Waals surface area contributed by atoms with E-state index in [4.69, 9.17) is 48.3 Å². The molecular weight excluding hydrogens is 914 g/mol. The van der Waals surface area contributed by atoms with Gasteiger partial charge in [-0.25, -0.2) is 27.4 Å². The Bertz CT molecular complexity index is 1300. The quantitative estimate of drug-likeness (QED) is 0.0420. The third kappa shape index (κ3) is 23.5. The lowest BCUT2D eigenvalue weighted by Crippen LogP contribution is -2.30. The maximum atomic E-state index is 11.7. The van der Waals surface area contributed by atoms with Gasteiger partial charge in [-0.15, -0.1) is 0 Å². The van der Waals surface area contributed by atoms with Gasteiger partial charge in [0.1, 0.15) is 23.1 Å². The summed E-state index contributed by atoms with van der Waals surface area (Å²) in [5, 5.41) is 0. The lowest BCUT2D eigenvalue weighted by molar-refractivity contribution is -0.0468. The average Bonchev–Trinajstić information content (AvgIpc) is 3.42. The van der Waals surface area contributed by atoms with Crippen LogP contribution in [0.4, 0.5) is 0 Å². The second kappa shape index (κ2) is 22.4. The molecule has 4 unspecified atom stereocenters. The van der Waals surface area contributed by atoms with Crippen molar-refractivity contribution in [1.29, 1.82) is 0 Å². The fraction of sp³-hybridized carbons (Fsp3) is 1.00. The molecule has 2 heterocycles. The fourth-order valence-corrected chi connectivity index (χ4v) is 13.0. The molecule has 8 N–H and O–H groups in total. The lowest BCUT2D eigenvalue weighted by atomic mass is 10.1. The predicted molar refractivity (Wildman–Crippen MR) is 188 cm³/mol. The Labute approximate surface area is 314 Å². The Kier molecular flexibility index (Phi) is 22.5. The van der Waals surface area contributed by atoms with Gasteiger partial charge in [-0.3, -0.25) is 9.05 Å². The van der Waals surface area contributed by atoms with Gasteiger partial charge in [0, 0.05) is 12.8 Å². The highest BCUT2D eigenvalue weighted by Crippen LogP contribution is 2.67. The maximum Gasteiger partial charge on any atom is 0.490 e. The molecular formula is C18H42O24P6S4. The van der Waals surface area contributed by atoms with Gasteiger partial charge in [-0.05, 0) is 40.2 Å². The summed E-state index contributed by atoms with van der Waals surface area (Å²) in [5.41, 5.74) is -0.365. The van der Waals surface area contributed by atoms with Gasteiger partial charge < -0.3 is 58.1 Å². The maximum absolute atomic E-state index is 11.7. The van der Waals surface area contributed by atoms with Gasteiger partial charge in [0.2, 0.25) is 0 Å². The highest BCUT2D eigenvalue weighted by Gasteiger charge is 2.44. The predicted octanol–water partition coefficient (Wildman–Crippen LogP) is 4.50. The SMILES string of the molecule is CSS[C@@H](C)O[C@@H]1C[C@H](C)O[C@@H]1COP(=O)(O)OP(=O)(O)OP(=O)(O)O.CSS[C@H](C)O[C@@H]1C[C@H](C)O[C@@H]1COP(=O)(O)OP(=O)(O)OP(=O)(O)O. The first-order chi connectivity index (χ1) is 23.5. The molecule has 0 saturated carbocycles. The van der Waals surface area contributed by atoms with E-state index in [9.17, 15) is 37.2 Å². The van der Waals surface area contributed by atoms with Gasteiger partial charge in [0.05, 0.1) is 37.6 Å². The highest BCUT2D eigenvalue weighted by molar-refractivity contribution is 8.76. The zero-order valence-corrected chi connectivity index (χ0v) is 36.5. The van der Waals surface area contributed by atoms with Crippen LogP contribution in [-0.4, -0.2) is 112 Å². The summed E-state index contributed by atoms with van der Waals surface area (Å²) < 4.78 is 113. The third-order valence-electron chi connectivity index (χ3n) is 5.60. The Morgan fingerprint density at radius 1 is 0.577 bits per heavy atom. The summed E-state index contributed by atoms with van der Waals surface area (Å²) in [6.07, 6.45) is 1.95. The van der Waals surface area contributed by atoms with Crippen molar-refractivity contribution < 1.29 is 112 Å². The van der Waals surface area contributed by atoms with Crippen LogP contribution in [0.3, 0.4) is 0 Å². The van der Waals surface area contributed by atoms with E-state index in [1.807, 2.05) is 26.4 Å². The molecule has 0 spiro atoms. The normalized spacial score (nSPS) is 29.9. The number of rotatable bonds is 22. The topological polar surface area (TPSA) is 357 Å². The molecule has 0 bridgehead atoms. The van der Waals surface area contributed by atoms with Crippen LogP contribution in [0.25, 0.3) is 0 Å². The molecule has 312 valence electrons. The smallest absolute Gasteiger partial charge is 0.370 e.